The highest BCUT2D eigenvalue weighted by Crippen LogP contribution is 2.32. The lowest BCUT2D eigenvalue weighted by Gasteiger charge is -2.15. The second-order valence-corrected chi connectivity index (χ2v) is 6.74. The highest BCUT2D eigenvalue weighted by Gasteiger charge is 2.40. The summed E-state index contributed by atoms with van der Waals surface area (Å²) in [5.41, 5.74) is -0.545. The molecule has 1 amide bonds. The molecule has 2 heterocycles. The van der Waals surface area contributed by atoms with Crippen molar-refractivity contribution in [1.29, 1.82) is 0 Å². The molecule has 2 aromatic heterocycles. The molecule has 0 aliphatic heterocycles. The molecule has 0 spiro atoms. The fraction of sp³-hybridized carbons (Fsp3) is 0.467. The lowest BCUT2D eigenvalue weighted by Crippen LogP contribution is -2.29. The Morgan fingerprint density at radius 2 is 2.09 bits per heavy atom. The average Bonchev–Trinajstić information content (AvgIpc) is 3.01. The molecule has 2 aromatic rings. The Morgan fingerprint density at radius 1 is 1.43 bits per heavy atom. The van der Waals surface area contributed by atoms with E-state index in [4.69, 9.17) is 0 Å². The van der Waals surface area contributed by atoms with E-state index in [0.29, 0.717) is 0 Å². The largest absolute Gasteiger partial charge is 0.433 e. The number of carbonyl (C=O) groups excluding carboxylic acids is 1. The second kappa shape index (κ2) is 6.35. The lowest BCUT2D eigenvalue weighted by molar-refractivity contribution is -0.144. The SMILES string of the molecule is CCn1ncc(C(=O)N[C@H](C)c2cc(C)sc2C)c1C(F)(F)F. The van der Waals surface area contributed by atoms with Crippen LogP contribution in [0, 0.1) is 13.8 Å². The van der Waals surface area contributed by atoms with Crippen molar-refractivity contribution in [3.05, 3.63) is 38.8 Å². The molecule has 23 heavy (non-hydrogen) atoms. The summed E-state index contributed by atoms with van der Waals surface area (Å²) in [7, 11) is 0. The van der Waals surface area contributed by atoms with Crippen molar-refractivity contribution in [2.24, 2.45) is 0 Å². The molecule has 0 radical (unpaired) electrons. The fourth-order valence-corrected chi connectivity index (χ4v) is 3.55. The predicted octanol–water partition coefficient (Wildman–Crippen LogP) is 4.09. The van der Waals surface area contributed by atoms with Crippen LogP contribution in [0.25, 0.3) is 0 Å². The van der Waals surface area contributed by atoms with E-state index in [1.165, 1.54) is 0 Å². The predicted molar refractivity (Wildman–Crippen MR) is 82.6 cm³/mol. The zero-order chi connectivity index (χ0) is 17.4. The van der Waals surface area contributed by atoms with Crippen molar-refractivity contribution in [3.8, 4) is 0 Å². The van der Waals surface area contributed by atoms with Gasteiger partial charge >= 0.3 is 6.18 Å². The van der Waals surface area contributed by atoms with Crippen molar-refractivity contribution in [1.82, 2.24) is 15.1 Å². The third-order valence-electron chi connectivity index (χ3n) is 3.55. The Labute approximate surface area is 136 Å². The first-order chi connectivity index (χ1) is 10.6. The minimum absolute atomic E-state index is 0.0422. The van der Waals surface area contributed by atoms with Crippen LogP contribution in [-0.2, 0) is 12.7 Å². The number of nitrogens with one attached hydrogen (secondary N) is 1. The monoisotopic (exact) mass is 345 g/mol. The number of hydrogen-bond donors (Lipinski definition) is 1. The number of aromatic nitrogens is 2. The third kappa shape index (κ3) is 3.57. The summed E-state index contributed by atoms with van der Waals surface area (Å²) >= 11 is 1.59. The van der Waals surface area contributed by atoms with Gasteiger partial charge in [-0.2, -0.15) is 18.3 Å². The number of rotatable bonds is 4. The lowest BCUT2D eigenvalue weighted by atomic mass is 10.1. The van der Waals surface area contributed by atoms with Crippen LogP contribution in [0.3, 0.4) is 0 Å². The van der Waals surface area contributed by atoms with E-state index in [-0.39, 0.29) is 12.6 Å². The molecule has 0 saturated carbocycles. The Hall–Kier alpha value is -1.83. The Morgan fingerprint density at radius 3 is 2.57 bits per heavy atom. The first kappa shape index (κ1) is 17.5. The van der Waals surface area contributed by atoms with Crippen LogP contribution < -0.4 is 5.32 Å². The highest BCUT2D eigenvalue weighted by molar-refractivity contribution is 7.12. The van der Waals surface area contributed by atoms with Gasteiger partial charge in [0.25, 0.3) is 5.91 Å². The van der Waals surface area contributed by atoms with Crippen LogP contribution >= 0.6 is 11.3 Å². The molecule has 4 nitrogen and oxygen atoms in total. The zero-order valence-corrected chi connectivity index (χ0v) is 14.1. The normalized spacial score (nSPS) is 13.2. The van der Waals surface area contributed by atoms with Gasteiger partial charge in [0, 0.05) is 16.3 Å². The van der Waals surface area contributed by atoms with Crippen molar-refractivity contribution >= 4 is 17.2 Å². The number of hydrogen-bond acceptors (Lipinski definition) is 3. The molecule has 1 N–H and O–H groups in total. The van der Waals surface area contributed by atoms with E-state index in [0.717, 1.165) is 26.2 Å². The van der Waals surface area contributed by atoms with Gasteiger partial charge < -0.3 is 5.32 Å². The topological polar surface area (TPSA) is 46.9 Å². The molecule has 0 unspecified atom stereocenters. The van der Waals surface area contributed by atoms with E-state index in [9.17, 15) is 18.0 Å². The first-order valence-electron chi connectivity index (χ1n) is 7.16. The summed E-state index contributed by atoms with van der Waals surface area (Å²) in [5, 5.41) is 6.29. The number of thiophene rings is 1. The van der Waals surface area contributed by atoms with Gasteiger partial charge in [0.05, 0.1) is 17.8 Å². The number of halogens is 3. The molecule has 8 heteroatoms. The maximum atomic E-state index is 13.2. The van der Waals surface area contributed by atoms with Gasteiger partial charge in [-0.15, -0.1) is 11.3 Å². The van der Waals surface area contributed by atoms with Crippen molar-refractivity contribution in [2.75, 3.05) is 0 Å². The summed E-state index contributed by atoms with van der Waals surface area (Å²) in [6.07, 6.45) is -3.66. The van der Waals surface area contributed by atoms with Gasteiger partial charge in [0.2, 0.25) is 0 Å². The van der Waals surface area contributed by atoms with Crippen LogP contribution in [0.4, 0.5) is 13.2 Å². The molecule has 0 aromatic carbocycles. The molecule has 0 aliphatic rings. The molecule has 0 saturated heterocycles. The number of carbonyl (C=O) groups is 1. The van der Waals surface area contributed by atoms with Gasteiger partial charge in [-0.25, -0.2) is 0 Å². The van der Waals surface area contributed by atoms with Gasteiger partial charge in [0.1, 0.15) is 0 Å². The Kier molecular flexibility index (Phi) is 4.84. The average molecular weight is 345 g/mol. The van der Waals surface area contributed by atoms with Crippen molar-refractivity contribution in [3.63, 3.8) is 0 Å². The van der Waals surface area contributed by atoms with Gasteiger partial charge in [-0.05, 0) is 39.3 Å². The molecule has 0 bridgehead atoms. The van der Waals surface area contributed by atoms with Crippen molar-refractivity contribution in [2.45, 2.75) is 46.5 Å². The van der Waals surface area contributed by atoms with Crippen LogP contribution in [0.5, 0.6) is 0 Å². The second-order valence-electron chi connectivity index (χ2n) is 5.28. The summed E-state index contributed by atoms with van der Waals surface area (Å²) in [5.74, 6) is -0.771. The summed E-state index contributed by atoms with van der Waals surface area (Å²) < 4.78 is 40.3. The van der Waals surface area contributed by atoms with E-state index in [1.807, 2.05) is 19.9 Å². The number of alkyl halides is 3. The Balaban J connectivity index is 2.28. The summed E-state index contributed by atoms with van der Waals surface area (Å²) in [6.45, 7) is 7.21. The zero-order valence-electron chi connectivity index (χ0n) is 13.3. The third-order valence-corrected chi connectivity index (χ3v) is 4.53. The molecule has 0 aliphatic carbocycles. The standard InChI is InChI=1S/C15H18F3N3OS/c1-5-21-13(15(16,17)18)12(7-19-21)14(22)20-9(3)11-6-8(2)23-10(11)4/h6-7,9H,5H2,1-4H3,(H,20,22)/t9-/m1/s1. The number of aryl methyl sites for hydroxylation is 3. The Bertz CT molecular complexity index is 718. The number of amides is 1. The van der Waals surface area contributed by atoms with E-state index in [1.54, 1.807) is 25.2 Å². The van der Waals surface area contributed by atoms with Gasteiger partial charge in [0.15, 0.2) is 5.69 Å². The van der Waals surface area contributed by atoms with E-state index < -0.39 is 23.3 Å². The minimum atomic E-state index is -4.63. The molecule has 2 rings (SSSR count). The van der Waals surface area contributed by atoms with Crippen LogP contribution in [0.15, 0.2) is 12.3 Å². The summed E-state index contributed by atoms with van der Waals surface area (Å²) in [6, 6.07) is 1.56. The smallest absolute Gasteiger partial charge is 0.345 e. The van der Waals surface area contributed by atoms with Crippen LogP contribution in [-0.4, -0.2) is 15.7 Å². The summed E-state index contributed by atoms with van der Waals surface area (Å²) in [4.78, 5) is 14.4. The van der Waals surface area contributed by atoms with Gasteiger partial charge in [-0.3, -0.25) is 9.48 Å². The molecule has 0 fully saturated rings. The van der Waals surface area contributed by atoms with Crippen LogP contribution in [0.2, 0.25) is 0 Å². The van der Waals surface area contributed by atoms with E-state index >= 15 is 0 Å². The fourth-order valence-electron chi connectivity index (χ4n) is 2.52. The highest BCUT2D eigenvalue weighted by atomic mass is 32.1. The maximum Gasteiger partial charge on any atom is 0.433 e. The molecular weight excluding hydrogens is 327 g/mol. The quantitative estimate of drug-likeness (QED) is 0.907. The minimum Gasteiger partial charge on any atom is -0.345 e. The number of nitrogens with zero attached hydrogens (tertiary/aromatic N) is 2. The van der Waals surface area contributed by atoms with Crippen molar-refractivity contribution < 1.29 is 18.0 Å². The molecular formula is C15H18F3N3OS. The van der Waals surface area contributed by atoms with Crippen LogP contribution in [0.1, 0.15) is 51.3 Å². The molecule has 126 valence electrons. The molecule has 1 atom stereocenters. The maximum absolute atomic E-state index is 13.2. The first-order valence-corrected chi connectivity index (χ1v) is 7.97. The van der Waals surface area contributed by atoms with E-state index in [2.05, 4.69) is 10.4 Å². The van der Waals surface area contributed by atoms with Gasteiger partial charge in [-0.1, -0.05) is 0 Å².